The molecule has 0 aliphatic carbocycles. The highest BCUT2D eigenvalue weighted by molar-refractivity contribution is 7.14. The van der Waals surface area contributed by atoms with Crippen LogP contribution in [0.2, 0.25) is 5.02 Å². The molecule has 0 spiro atoms. The van der Waals surface area contributed by atoms with Crippen molar-refractivity contribution >= 4 is 39.9 Å². The lowest BCUT2D eigenvalue weighted by molar-refractivity contribution is -0.155. The van der Waals surface area contributed by atoms with Crippen molar-refractivity contribution in [1.82, 2.24) is 4.98 Å². The molecule has 6 nitrogen and oxygen atoms in total. The number of rotatable bonds is 7. The van der Waals surface area contributed by atoms with E-state index in [1.165, 1.54) is 18.3 Å². The Hall–Kier alpha value is -2.90. The number of carbonyl (C=O) groups is 2. The minimum absolute atomic E-state index is 0.311. The minimum atomic E-state index is -0.981. The second-order valence-corrected chi connectivity index (χ2v) is 7.06. The molecule has 8 heteroatoms. The standard InChI is InChI=1S/C20H17ClN2O4S/c1-13(27-18(24)11-26-16-9-7-15(21)8-10-16)19(25)23-20-22-17(12-28-20)14-5-3-2-4-6-14/h2-10,12-13H,11H2,1H3,(H,22,23,25)/t13-/m0/s1. The first kappa shape index (κ1) is 19.9. The van der Waals surface area contributed by atoms with Crippen LogP contribution in [0.1, 0.15) is 6.92 Å². The van der Waals surface area contributed by atoms with Crippen LogP contribution in [0.5, 0.6) is 5.75 Å². The molecule has 1 atom stereocenters. The molecule has 3 aromatic rings. The molecule has 0 aliphatic rings. The first-order valence-electron chi connectivity index (χ1n) is 8.41. The molecule has 0 radical (unpaired) electrons. The minimum Gasteiger partial charge on any atom is -0.482 e. The lowest BCUT2D eigenvalue weighted by Crippen LogP contribution is -2.31. The van der Waals surface area contributed by atoms with E-state index in [2.05, 4.69) is 10.3 Å². The van der Waals surface area contributed by atoms with E-state index in [0.717, 1.165) is 11.3 Å². The first-order valence-corrected chi connectivity index (χ1v) is 9.66. The van der Waals surface area contributed by atoms with Crippen molar-refractivity contribution in [3.8, 4) is 17.0 Å². The fraction of sp³-hybridized carbons (Fsp3) is 0.150. The fourth-order valence-corrected chi connectivity index (χ4v) is 3.09. The summed E-state index contributed by atoms with van der Waals surface area (Å²) in [5, 5.41) is 5.50. The van der Waals surface area contributed by atoms with Gasteiger partial charge in [0.1, 0.15) is 5.75 Å². The third-order valence-electron chi connectivity index (χ3n) is 3.65. The summed E-state index contributed by atoms with van der Waals surface area (Å²) in [5.41, 5.74) is 1.72. The Kier molecular flexibility index (Phi) is 6.62. The Morgan fingerprint density at radius 1 is 1.14 bits per heavy atom. The summed E-state index contributed by atoms with van der Waals surface area (Å²) in [6.45, 7) is 1.18. The van der Waals surface area contributed by atoms with Crippen LogP contribution in [0.4, 0.5) is 5.13 Å². The Balaban J connectivity index is 1.48. The van der Waals surface area contributed by atoms with E-state index >= 15 is 0 Å². The summed E-state index contributed by atoms with van der Waals surface area (Å²) < 4.78 is 10.4. The van der Waals surface area contributed by atoms with Crippen LogP contribution >= 0.6 is 22.9 Å². The molecule has 0 fully saturated rings. The number of thiazole rings is 1. The van der Waals surface area contributed by atoms with Gasteiger partial charge in [-0.05, 0) is 31.2 Å². The molecule has 0 bridgehead atoms. The molecule has 144 valence electrons. The molecule has 2 aromatic carbocycles. The van der Waals surface area contributed by atoms with Gasteiger partial charge in [-0.15, -0.1) is 11.3 Å². The van der Waals surface area contributed by atoms with Crippen LogP contribution in [-0.4, -0.2) is 29.6 Å². The molecule has 0 saturated heterocycles. The Labute approximate surface area is 171 Å². The van der Waals surface area contributed by atoms with Gasteiger partial charge in [0, 0.05) is 16.0 Å². The Morgan fingerprint density at radius 3 is 2.57 bits per heavy atom. The molecule has 1 heterocycles. The average Bonchev–Trinajstić information content (AvgIpc) is 3.16. The van der Waals surface area contributed by atoms with Crippen molar-refractivity contribution in [3.63, 3.8) is 0 Å². The van der Waals surface area contributed by atoms with Gasteiger partial charge in [-0.25, -0.2) is 9.78 Å². The van der Waals surface area contributed by atoms with Gasteiger partial charge in [0.2, 0.25) is 0 Å². The molecule has 0 aliphatic heterocycles. The van der Waals surface area contributed by atoms with Crippen LogP contribution in [0.3, 0.4) is 0 Å². The van der Waals surface area contributed by atoms with Crippen LogP contribution in [0, 0.1) is 0 Å². The second-order valence-electron chi connectivity index (χ2n) is 5.77. The number of esters is 1. The monoisotopic (exact) mass is 416 g/mol. The smallest absolute Gasteiger partial charge is 0.344 e. The van der Waals surface area contributed by atoms with Crippen LogP contribution in [0.15, 0.2) is 60.0 Å². The van der Waals surface area contributed by atoms with Crippen LogP contribution in [0.25, 0.3) is 11.3 Å². The van der Waals surface area contributed by atoms with Crippen molar-refractivity contribution < 1.29 is 19.1 Å². The maximum atomic E-state index is 12.2. The maximum absolute atomic E-state index is 12.2. The van der Waals surface area contributed by atoms with Gasteiger partial charge in [0.25, 0.3) is 5.91 Å². The number of nitrogens with zero attached hydrogens (tertiary/aromatic N) is 1. The number of carbonyl (C=O) groups excluding carboxylic acids is 2. The quantitative estimate of drug-likeness (QED) is 0.577. The van der Waals surface area contributed by atoms with E-state index in [-0.39, 0.29) is 6.61 Å². The largest absolute Gasteiger partial charge is 0.482 e. The summed E-state index contributed by atoms with van der Waals surface area (Å²) >= 11 is 7.08. The molecule has 1 aromatic heterocycles. The van der Waals surface area contributed by atoms with Gasteiger partial charge >= 0.3 is 5.97 Å². The van der Waals surface area contributed by atoms with Gasteiger partial charge in [0.05, 0.1) is 5.69 Å². The van der Waals surface area contributed by atoms with Gasteiger partial charge in [-0.3, -0.25) is 10.1 Å². The predicted molar refractivity (Wildman–Crippen MR) is 109 cm³/mol. The maximum Gasteiger partial charge on any atom is 0.344 e. The van der Waals surface area contributed by atoms with Crippen molar-refractivity contribution in [2.45, 2.75) is 13.0 Å². The molecular weight excluding hydrogens is 400 g/mol. The Morgan fingerprint density at radius 2 is 1.86 bits per heavy atom. The van der Waals surface area contributed by atoms with Crippen LogP contribution in [-0.2, 0) is 14.3 Å². The number of benzene rings is 2. The van der Waals surface area contributed by atoms with Gasteiger partial charge in [-0.1, -0.05) is 41.9 Å². The number of ether oxygens (including phenoxy) is 2. The molecule has 1 N–H and O–H groups in total. The summed E-state index contributed by atoms with van der Waals surface area (Å²) in [5.74, 6) is -0.634. The number of amides is 1. The third kappa shape index (κ3) is 5.55. The van der Waals surface area contributed by atoms with Gasteiger partial charge in [-0.2, -0.15) is 0 Å². The summed E-state index contributed by atoms with van der Waals surface area (Å²) in [4.78, 5) is 28.5. The number of anilines is 1. The zero-order valence-corrected chi connectivity index (χ0v) is 16.5. The normalized spacial score (nSPS) is 11.5. The molecule has 1 amide bonds. The van der Waals surface area contributed by atoms with Crippen molar-refractivity contribution in [3.05, 3.63) is 65.0 Å². The van der Waals surface area contributed by atoms with E-state index in [0.29, 0.717) is 15.9 Å². The third-order valence-corrected chi connectivity index (χ3v) is 4.66. The molecule has 3 rings (SSSR count). The fourth-order valence-electron chi connectivity index (χ4n) is 2.24. The predicted octanol–water partition coefficient (Wildman–Crippen LogP) is 4.41. The van der Waals surface area contributed by atoms with Gasteiger partial charge in [0.15, 0.2) is 17.8 Å². The SMILES string of the molecule is C[C@H](OC(=O)COc1ccc(Cl)cc1)C(=O)Nc1nc(-c2ccccc2)cs1. The first-order chi connectivity index (χ1) is 13.5. The van der Waals surface area contributed by atoms with E-state index in [1.54, 1.807) is 24.3 Å². The summed E-state index contributed by atoms with van der Waals surface area (Å²) in [6, 6.07) is 16.2. The van der Waals surface area contributed by atoms with Crippen molar-refractivity contribution in [2.24, 2.45) is 0 Å². The lowest BCUT2D eigenvalue weighted by Gasteiger charge is -2.12. The average molecular weight is 417 g/mol. The van der Waals surface area contributed by atoms with E-state index in [4.69, 9.17) is 21.1 Å². The number of hydrogen-bond donors (Lipinski definition) is 1. The van der Waals surface area contributed by atoms with Crippen LogP contribution < -0.4 is 10.1 Å². The molecule has 28 heavy (non-hydrogen) atoms. The summed E-state index contributed by atoms with van der Waals surface area (Å²) in [7, 11) is 0. The topological polar surface area (TPSA) is 77.5 Å². The van der Waals surface area contributed by atoms with E-state index in [9.17, 15) is 9.59 Å². The number of hydrogen-bond acceptors (Lipinski definition) is 6. The number of halogens is 1. The highest BCUT2D eigenvalue weighted by Crippen LogP contribution is 2.24. The number of aromatic nitrogens is 1. The molecule has 0 unspecified atom stereocenters. The molecule has 0 saturated carbocycles. The van der Waals surface area contributed by atoms with Crippen molar-refractivity contribution in [2.75, 3.05) is 11.9 Å². The van der Waals surface area contributed by atoms with E-state index < -0.39 is 18.0 Å². The molecular formula is C20H17ClN2O4S. The van der Waals surface area contributed by atoms with Crippen molar-refractivity contribution in [1.29, 1.82) is 0 Å². The highest BCUT2D eigenvalue weighted by atomic mass is 35.5. The Bertz CT molecular complexity index is 944. The van der Waals surface area contributed by atoms with E-state index in [1.807, 2.05) is 35.7 Å². The second kappa shape index (κ2) is 9.34. The van der Waals surface area contributed by atoms with Gasteiger partial charge < -0.3 is 9.47 Å². The lowest BCUT2D eigenvalue weighted by atomic mass is 10.2. The highest BCUT2D eigenvalue weighted by Gasteiger charge is 2.19. The summed E-state index contributed by atoms with van der Waals surface area (Å²) in [6.07, 6.45) is -0.981. The zero-order chi connectivity index (χ0) is 19.9. The number of nitrogens with one attached hydrogen (secondary N) is 1. The zero-order valence-electron chi connectivity index (χ0n) is 14.9.